The summed E-state index contributed by atoms with van der Waals surface area (Å²) in [6.45, 7) is 4.91. The molecule has 1 aromatic heterocycles. The van der Waals surface area contributed by atoms with E-state index in [-0.39, 0.29) is 24.2 Å². The number of halogens is 3. The van der Waals surface area contributed by atoms with Crippen molar-refractivity contribution >= 4 is 23.2 Å². The van der Waals surface area contributed by atoms with Gasteiger partial charge in [0.2, 0.25) is 0 Å². The van der Waals surface area contributed by atoms with Crippen LogP contribution in [0.2, 0.25) is 0 Å². The van der Waals surface area contributed by atoms with Crippen LogP contribution in [-0.4, -0.2) is 91.6 Å². The summed E-state index contributed by atoms with van der Waals surface area (Å²) in [5.41, 5.74) is 1.07. The van der Waals surface area contributed by atoms with Crippen LogP contribution in [0.15, 0.2) is 11.4 Å². The summed E-state index contributed by atoms with van der Waals surface area (Å²) in [5, 5.41) is 9.11. The fourth-order valence-electron chi connectivity index (χ4n) is 3.46. The molecule has 0 aromatic carbocycles. The molecule has 0 unspecified atom stereocenters. The van der Waals surface area contributed by atoms with Gasteiger partial charge < -0.3 is 24.4 Å². The third kappa shape index (κ3) is 6.40. The van der Waals surface area contributed by atoms with Gasteiger partial charge in [-0.05, 0) is 50.9 Å². The standard InChI is InChI=1S/C17H26N2O3S.C2HF3O2/c1-12-6-11-23-16(12)17(20)19-8-10-22-15-13(19)4-5-14(15)21-9-7-18(2)3;3-2(4,5)1(6)7/h6,11,13-15H,4-5,7-10H2,1-3H3;(H,6,7)/t13-,14+,15+;/m0./s1. The average molecular weight is 452 g/mol. The number of carbonyl (C=O) groups is 2. The monoisotopic (exact) mass is 452 g/mol. The Morgan fingerprint density at radius 2 is 2.03 bits per heavy atom. The SMILES string of the molecule is Cc1ccsc1C(=O)N1CCO[C@H]2[C@H](OCCN(C)C)CC[C@@H]21.O=C(O)C(F)(F)F. The van der Waals surface area contributed by atoms with Gasteiger partial charge in [-0.25, -0.2) is 4.79 Å². The molecule has 2 aliphatic rings. The third-order valence-electron chi connectivity index (χ3n) is 4.97. The molecule has 2 fully saturated rings. The van der Waals surface area contributed by atoms with Crippen LogP contribution in [0.25, 0.3) is 0 Å². The molecule has 1 aromatic rings. The van der Waals surface area contributed by atoms with Crippen LogP contribution < -0.4 is 0 Å². The van der Waals surface area contributed by atoms with Gasteiger partial charge in [0.15, 0.2) is 0 Å². The fourth-order valence-corrected chi connectivity index (χ4v) is 4.34. The number of likely N-dealkylation sites (N-methyl/N-ethyl adjacent to an activating group) is 1. The Labute approximate surface area is 177 Å². The molecule has 0 bridgehead atoms. The molecule has 3 atom stereocenters. The highest BCUT2D eigenvalue weighted by Gasteiger charge is 2.45. The second kappa shape index (κ2) is 10.6. The molecular weight excluding hydrogens is 425 g/mol. The van der Waals surface area contributed by atoms with Crippen LogP contribution in [0, 0.1) is 6.92 Å². The minimum absolute atomic E-state index is 0.0233. The Bertz CT molecular complexity index is 725. The summed E-state index contributed by atoms with van der Waals surface area (Å²) in [6.07, 6.45) is -3.02. The van der Waals surface area contributed by atoms with Crippen molar-refractivity contribution in [2.75, 3.05) is 40.4 Å². The van der Waals surface area contributed by atoms with Crippen molar-refractivity contribution in [1.29, 1.82) is 0 Å². The summed E-state index contributed by atoms with van der Waals surface area (Å²) >= 11 is 1.53. The predicted molar refractivity (Wildman–Crippen MR) is 105 cm³/mol. The van der Waals surface area contributed by atoms with Crippen molar-refractivity contribution < 1.29 is 37.3 Å². The van der Waals surface area contributed by atoms with Crippen molar-refractivity contribution in [3.63, 3.8) is 0 Å². The second-order valence-electron chi connectivity index (χ2n) is 7.43. The van der Waals surface area contributed by atoms with E-state index in [1.165, 1.54) is 11.3 Å². The number of morpholine rings is 1. The highest BCUT2D eigenvalue weighted by molar-refractivity contribution is 7.12. The minimum atomic E-state index is -5.08. The first-order chi connectivity index (χ1) is 14.0. The number of thiophene rings is 1. The zero-order valence-electron chi connectivity index (χ0n) is 17.1. The molecule has 1 N–H and O–H groups in total. The van der Waals surface area contributed by atoms with E-state index in [0.29, 0.717) is 19.8 Å². The number of aliphatic carboxylic acids is 1. The summed E-state index contributed by atoms with van der Waals surface area (Å²) < 4.78 is 43.7. The van der Waals surface area contributed by atoms with Crippen molar-refractivity contribution in [3.8, 4) is 0 Å². The Morgan fingerprint density at radius 3 is 2.57 bits per heavy atom. The molecule has 1 saturated heterocycles. The lowest BCUT2D eigenvalue weighted by molar-refractivity contribution is -0.192. The van der Waals surface area contributed by atoms with Crippen LogP contribution >= 0.6 is 11.3 Å². The maximum atomic E-state index is 12.9. The molecule has 0 spiro atoms. The van der Waals surface area contributed by atoms with Crippen molar-refractivity contribution in [2.45, 2.75) is 44.2 Å². The maximum absolute atomic E-state index is 12.9. The van der Waals surface area contributed by atoms with E-state index in [1.807, 2.05) is 37.4 Å². The number of hydrogen-bond donors (Lipinski definition) is 1. The maximum Gasteiger partial charge on any atom is 0.490 e. The molecule has 3 rings (SSSR count). The Balaban J connectivity index is 0.000000396. The van der Waals surface area contributed by atoms with Crippen molar-refractivity contribution in [2.24, 2.45) is 0 Å². The first kappa shape index (κ1) is 24.6. The van der Waals surface area contributed by atoms with Gasteiger partial charge in [-0.2, -0.15) is 13.2 Å². The van der Waals surface area contributed by atoms with Crippen LogP contribution in [0.3, 0.4) is 0 Å². The van der Waals surface area contributed by atoms with E-state index >= 15 is 0 Å². The van der Waals surface area contributed by atoms with Gasteiger partial charge >= 0.3 is 12.1 Å². The van der Waals surface area contributed by atoms with Crippen LogP contribution in [0.1, 0.15) is 28.1 Å². The van der Waals surface area contributed by atoms with Crippen LogP contribution in [0.5, 0.6) is 0 Å². The number of fused-ring (bicyclic) bond motifs is 1. The number of amides is 1. The summed E-state index contributed by atoms with van der Waals surface area (Å²) in [6, 6.07) is 2.17. The largest absolute Gasteiger partial charge is 0.490 e. The second-order valence-corrected chi connectivity index (χ2v) is 8.34. The Hall–Kier alpha value is -1.69. The molecule has 7 nitrogen and oxygen atoms in total. The molecule has 11 heteroatoms. The van der Waals surface area contributed by atoms with E-state index in [1.54, 1.807) is 0 Å². The van der Waals surface area contributed by atoms with E-state index in [2.05, 4.69) is 4.90 Å². The van der Waals surface area contributed by atoms with Gasteiger partial charge in [0.1, 0.15) is 6.10 Å². The van der Waals surface area contributed by atoms with Crippen LogP contribution in [-0.2, 0) is 14.3 Å². The number of alkyl halides is 3. The third-order valence-corrected chi connectivity index (χ3v) is 5.97. The van der Waals surface area contributed by atoms with Gasteiger partial charge in [0.05, 0.1) is 30.2 Å². The highest BCUT2D eigenvalue weighted by Crippen LogP contribution is 2.33. The molecule has 1 amide bonds. The average Bonchev–Trinajstić information content (AvgIpc) is 3.27. The zero-order chi connectivity index (χ0) is 22.5. The number of ether oxygens (including phenoxy) is 2. The Morgan fingerprint density at radius 1 is 1.37 bits per heavy atom. The molecular formula is C19H27F3N2O5S. The number of rotatable bonds is 5. The summed E-state index contributed by atoms with van der Waals surface area (Å²) in [7, 11) is 4.09. The van der Waals surface area contributed by atoms with Crippen molar-refractivity contribution in [3.05, 3.63) is 21.9 Å². The van der Waals surface area contributed by atoms with Gasteiger partial charge in [0, 0.05) is 13.1 Å². The lowest BCUT2D eigenvalue weighted by Crippen LogP contribution is -2.54. The van der Waals surface area contributed by atoms with Gasteiger partial charge in [-0.15, -0.1) is 11.3 Å². The molecule has 2 heterocycles. The number of hydrogen-bond acceptors (Lipinski definition) is 6. The first-order valence-electron chi connectivity index (χ1n) is 9.55. The first-order valence-corrected chi connectivity index (χ1v) is 10.4. The summed E-state index contributed by atoms with van der Waals surface area (Å²) in [4.78, 5) is 26.8. The molecule has 1 aliphatic carbocycles. The number of carboxylic acids is 1. The topological polar surface area (TPSA) is 79.3 Å². The zero-order valence-corrected chi connectivity index (χ0v) is 18.0. The quantitative estimate of drug-likeness (QED) is 0.740. The van der Waals surface area contributed by atoms with E-state index in [0.717, 1.165) is 29.8 Å². The van der Waals surface area contributed by atoms with Crippen LogP contribution in [0.4, 0.5) is 13.2 Å². The van der Waals surface area contributed by atoms with E-state index in [4.69, 9.17) is 19.4 Å². The molecule has 30 heavy (non-hydrogen) atoms. The predicted octanol–water partition coefficient (Wildman–Crippen LogP) is 2.64. The van der Waals surface area contributed by atoms with Gasteiger partial charge in [-0.3, -0.25) is 4.79 Å². The molecule has 170 valence electrons. The number of nitrogens with zero attached hydrogens (tertiary/aromatic N) is 2. The lowest BCUT2D eigenvalue weighted by atomic mass is 10.1. The van der Waals surface area contributed by atoms with Crippen molar-refractivity contribution in [1.82, 2.24) is 9.80 Å². The van der Waals surface area contributed by atoms with Gasteiger partial charge in [-0.1, -0.05) is 0 Å². The summed E-state index contributed by atoms with van der Waals surface area (Å²) in [5.74, 6) is -2.60. The fraction of sp³-hybridized carbons (Fsp3) is 0.684. The lowest BCUT2D eigenvalue weighted by Gasteiger charge is -2.39. The molecule has 1 aliphatic heterocycles. The molecule has 1 saturated carbocycles. The smallest absolute Gasteiger partial charge is 0.475 e. The van der Waals surface area contributed by atoms with Gasteiger partial charge in [0.25, 0.3) is 5.91 Å². The number of carboxylic acid groups (broad SMARTS) is 1. The number of carbonyl (C=O) groups excluding carboxylic acids is 1. The number of aryl methyl sites for hydroxylation is 1. The van der Waals surface area contributed by atoms with E-state index < -0.39 is 12.1 Å². The van der Waals surface area contributed by atoms with E-state index in [9.17, 15) is 18.0 Å². The molecule has 0 radical (unpaired) electrons. The Kier molecular flexibility index (Phi) is 8.65. The minimum Gasteiger partial charge on any atom is -0.475 e. The highest BCUT2D eigenvalue weighted by atomic mass is 32.1. The normalized spacial score (nSPS) is 23.7.